The van der Waals surface area contributed by atoms with E-state index in [0.717, 1.165) is 25.7 Å². The average molecular weight is 254 g/mol. The summed E-state index contributed by atoms with van der Waals surface area (Å²) >= 11 is 0. The van der Waals surface area contributed by atoms with Gasteiger partial charge in [-0.15, -0.1) is 0 Å². The van der Waals surface area contributed by atoms with Crippen molar-refractivity contribution in [3.63, 3.8) is 0 Å². The summed E-state index contributed by atoms with van der Waals surface area (Å²) in [5, 5.41) is 13.2. The van der Waals surface area contributed by atoms with Crippen LogP contribution in [-0.2, 0) is 0 Å². The lowest BCUT2D eigenvalue weighted by atomic mass is 9.91. The molecule has 18 heavy (non-hydrogen) atoms. The number of nitrogens with zero attached hydrogens (tertiary/aromatic N) is 1. The van der Waals surface area contributed by atoms with Gasteiger partial charge in [0.1, 0.15) is 0 Å². The zero-order chi connectivity index (χ0) is 13.0. The number of aliphatic hydroxyl groups excluding tert-OH is 1. The average Bonchev–Trinajstić information content (AvgIpc) is 3.14. The van der Waals surface area contributed by atoms with E-state index in [1.165, 1.54) is 38.5 Å². The Labute approximate surface area is 112 Å². The number of hydrogen-bond acceptors (Lipinski definition) is 3. The van der Waals surface area contributed by atoms with E-state index in [0.29, 0.717) is 18.1 Å². The summed E-state index contributed by atoms with van der Waals surface area (Å²) in [6.45, 7) is 8.40. The molecule has 2 N–H and O–H groups in total. The van der Waals surface area contributed by atoms with E-state index in [-0.39, 0.29) is 0 Å². The molecule has 1 aliphatic heterocycles. The highest BCUT2D eigenvalue weighted by atomic mass is 16.3. The molecule has 2 fully saturated rings. The first-order valence-electron chi connectivity index (χ1n) is 7.69. The minimum absolute atomic E-state index is 0.306. The molecule has 2 rings (SSSR count). The summed E-state index contributed by atoms with van der Waals surface area (Å²) in [6, 6.07) is 1.19. The summed E-state index contributed by atoms with van der Waals surface area (Å²) in [6.07, 6.45) is 7.79. The summed E-state index contributed by atoms with van der Waals surface area (Å²) in [5.41, 5.74) is 0.306. The maximum Gasteiger partial charge on any atom is 0.0586 e. The molecule has 0 aromatic carbocycles. The van der Waals surface area contributed by atoms with Crippen molar-refractivity contribution < 1.29 is 5.11 Å². The largest absolute Gasteiger partial charge is 0.395 e. The molecule has 1 aliphatic carbocycles. The van der Waals surface area contributed by atoms with Crippen molar-refractivity contribution in [1.29, 1.82) is 0 Å². The van der Waals surface area contributed by atoms with Gasteiger partial charge in [0.15, 0.2) is 0 Å². The highest BCUT2D eigenvalue weighted by Gasteiger charge is 2.29. The van der Waals surface area contributed by atoms with Crippen LogP contribution in [0.15, 0.2) is 0 Å². The lowest BCUT2D eigenvalue weighted by Crippen LogP contribution is -2.46. The van der Waals surface area contributed by atoms with Crippen LogP contribution in [0.25, 0.3) is 0 Å². The van der Waals surface area contributed by atoms with Gasteiger partial charge in [-0.2, -0.15) is 0 Å². The predicted octanol–water partition coefficient (Wildman–Crippen LogP) is 2.00. The first-order chi connectivity index (χ1) is 8.61. The highest BCUT2D eigenvalue weighted by Crippen LogP contribution is 2.25. The Kier molecular flexibility index (Phi) is 5.05. The Morgan fingerprint density at radius 2 is 1.94 bits per heavy atom. The van der Waals surface area contributed by atoms with E-state index in [9.17, 15) is 5.11 Å². The quantitative estimate of drug-likeness (QED) is 0.761. The number of rotatable bonds is 6. The van der Waals surface area contributed by atoms with Crippen LogP contribution in [0.3, 0.4) is 0 Å². The number of likely N-dealkylation sites (tertiary alicyclic amines) is 1. The topological polar surface area (TPSA) is 35.5 Å². The van der Waals surface area contributed by atoms with Crippen molar-refractivity contribution in [2.75, 3.05) is 26.2 Å². The van der Waals surface area contributed by atoms with Gasteiger partial charge in [-0.05, 0) is 37.6 Å². The number of hydrogen-bond donors (Lipinski definition) is 2. The second-order valence-corrected chi connectivity index (χ2v) is 6.98. The van der Waals surface area contributed by atoms with Crippen LogP contribution >= 0.6 is 0 Å². The van der Waals surface area contributed by atoms with Gasteiger partial charge in [0.05, 0.1) is 6.61 Å². The second-order valence-electron chi connectivity index (χ2n) is 6.98. The summed E-state index contributed by atoms with van der Waals surface area (Å²) < 4.78 is 0. The Hall–Kier alpha value is -0.120. The van der Waals surface area contributed by atoms with Crippen LogP contribution in [0.1, 0.15) is 52.4 Å². The Bertz CT molecular complexity index is 251. The van der Waals surface area contributed by atoms with Crippen molar-refractivity contribution in [3.05, 3.63) is 0 Å². The van der Waals surface area contributed by atoms with Crippen molar-refractivity contribution in [2.45, 2.75) is 64.5 Å². The molecule has 0 spiro atoms. The van der Waals surface area contributed by atoms with Crippen LogP contribution in [0, 0.1) is 5.41 Å². The molecule has 1 unspecified atom stereocenters. The SMILES string of the molecule is CC(C)(CNC1CC1)CN1CCCCCC1CO. The van der Waals surface area contributed by atoms with Gasteiger partial charge < -0.3 is 10.4 Å². The zero-order valence-corrected chi connectivity index (χ0v) is 12.1. The lowest BCUT2D eigenvalue weighted by molar-refractivity contribution is 0.0860. The van der Waals surface area contributed by atoms with E-state index in [4.69, 9.17) is 0 Å². The first kappa shape index (κ1) is 14.3. The molecule has 1 heterocycles. The fourth-order valence-electron chi connectivity index (χ4n) is 2.97. The van der Waals surface area contributed by atoms with Gasteiger partial charge in [0.2, 0.25) is 0 Å². The smallest absolute Gasteiger partial charge is 0.0586 e. The van der Waals surface area contributed by atoms with Crippen molar-refractivity contribution >= 4 is 0 Å². The number of nitrogens with one attached hydrogen (secondary N) is 1. The van der Waals surface area contributed by atoms with Crippen molar-refractivity contribution in [2.24, 2.45) is 5.41 Å². The van der Waals surface area contributed by atoms with E-state index >= 15 is 0 Å². The summed E-state index contributed by atoms with van der Waals surface area (Å²) in [4.78, 5) is 2.53. The minimum atomic E-state index is 0.306. The molecule has 0 radical (unpaired) electrons. The highest BCUT2D eigenvalue weighted by molar-refractivity contribution is 4.87. The van der Waals surface area contributed by atoms with Crippen LogP contribution in [0.4, 0.5) is 0 Å². The molecule has 1 saturated heterocycles. The van der Waals surface area contributed by atoms with Gasteiger partial charge in [-0.25, -0.2) is 0 Å². The standard InChI is InChI=1S/C15H30N2O/c1-15(2,11-16-13-7-8-13)12-17-9-5-3-4-6-14(17)10-18/h13-14,16,18H,3-12H2,1-2H3. The van der Waals surface area contributed by atoms with Gasteiger partial charge in [-0.1, -0.05) is 26.7 Å². The Morgan fingerprint density at radius 3 is 2.61 bits per heavy atom. The molecule has 3 nitrogen and oxygen atoms in total. The van der Waals surface area contributed by atoms with Crippen molar-refractivity contribution in [3.8, 4) is 0 Å². The first-order valence-corrected chi connectivity index (χ1v) is 7.69. The molecule has 0 bridgehead atoms. The minimum Gasteiger partial charge on any atom is -0.395 e. The fourth-order valence-corrected chi connectivity index (χ4v) is 2.97. The summed E-state index contributed by atoms with van der Waals surface area (Å²) in [7, 11) is 0. The van der Waals surface area contributed by atoms with E-state index in [2.05, 4.69) is 24.1 Å². The molecule has 0 amide bonds. The maximum atomic E-state index is 9.55. The normalized spacial score (nSPS) is 27.2. The Morgan fingerprint density at radius 1 is 1.17 bits per heavy atom. The molecular weight excluding hydrogens is 224 g/mol. The lowest BCUT2D eigenvalue weighted by Gasteiger charge is -2.36. The van der Waals surface area contributed by atoms with E-state index in [1.807, 2.05) is 0 Å². The number of aliphatic hydroxyl groups is 1. The zero-order valence-electron chi connectivity index (χ0n) is 12.1. The van der Waals surface area contributed by atoms with Crippen LogP contribution in [0.5, 0.6) is 0 Å². The van der Waals surface area contributed by atoms with Gasteiger partial charge in [0.25, 0.3) is 0 Å². The molecule has 0 aromatic rings. The van der Waals surface area contributed by atoms with E-state index in [1.54, 1.807) is 0 Å². The third kappa shape index (κ3) is 4.52. The van der Waals surface area contributed by atoms with Crippen molar-refractivity contribution in [1.82, 2.24) is 10.2 Å². The maximum absolute atomic E-state index is 9.55. The molecule has 3 heteroatoms. The molecule has 106 valence electrons. The predicted molar refractivity (Wildman–Crippen MR) is 75.7 cm³/mol. The molecule has 2 aliphatic rings. The third-order valence-electron chi connectivity index (χ3n) is 4.29. The monoisotopic (exact) mass is 254 g/mol. The van der Waals surface area contributed by atoms with E-state index < -0.39 is 0 Å². The summed E-state index contributed by atoms with van der Waals surface area (Å²) in [5.74, 6) is 0. The van der Waals surface area contributed by atoms with Gasteiger partial charge in [0, 0.05) is 25.2 Å². The van der Waals surface area contributed by atoms with Crippen LogP contribution in [0.2, 0.25) is 0 Å². The van der Waals surface area contributed by atoms with Crippen LogP contribution in [-0.4, -0.2) is 48.3 Å². The van der Waals surface area contributed by atoms with Gasteiger partial charge in [-0.3, -0.25) is 4.90 Å². The molecule has 0 aromatic heterocycles. The molecule has 1 saturated carbocycles. The van der Waals surface area contributed by atoms with Crippen LogP contribution < -0.4 is 5.32 Å². The second kappa shape index (κ2) is 6.36. The Balaban J connectivity index is 1.83. The fraction of sp³-hybridized carbons (Fsp3) is 1.00. The molecular formula is C15H30N2O. The van der Waals surface area contributed by atoms with Gasteiger partial charge >= 0.3 is 0 Å². The molecule has 1 atom stereocenters. The third-order valence-corrected chi connectivity index (χ3v) is 4.29.